The van der Waals surface area contributed by atoms with Crippen LogP contribution < -0.4 is 10.2 Å². The fraction of sp³-hybridized carbons (Fsp3) is 0.320. The minimum absolute atomic E-state index is 0.0618. The fourth-order valence-electron chi connectivity index (χ4n) is 5.38. The van der Waals surface area contributed by atoms with E-state index in [4.69, 9.17) is 23.2 Å². The van der Waals surface area contributed by atoms with Crippen LogP contribution in [0.1, 0.15) is 43.7 Å². The average Bonchev–Trinajstić information content (AvgIpc) is 2.99. The number of hydrogen-bond acceptors (Lipinski definition) is 3. The van der Waals surface area contributed by atoms with Crippen LogP contribution in [0.3, 0.4) is 0 Å². The molecule has 172 valence electrons. The molecule has 1 fully saturated rings. The molecular weight excluding hydrogens is 463 g/mol. The van der Waals surface area contributed by atoms with Gasteiger partial charge >= 0.3 is 5.97 Å². The lowest BCUT2D eigenvalue weighted by Crippen LogP contribution is -2.63. The molecule has 2 aliphatic heterocycles. The van der Waals surface area contributed by atoms with Crippen LogP contribution >= 0.6 is 23.2 Å². The lowest BCUT2D eigenvalue weighted by atomic mass is 9.59. The normalized spacial score (nSPS) is 24.7. The van der Waals surface area contributed by atoms with Crippen LogP contribution in [0.5, 0.6) is 0 Å². The number of carboxylic acids is 1. The van der Waals surface area contributed by atoms with Crippen molar-refractivity contribution in [2.75, 3.05) is 11.4 Å². The Labute approximate surface area is 202 Å². The highest BCUT2D eigenvalue weighted by Gasteiger charge is 2.63. The summed E-state index contributed by atoms with van der Waals surface area (Å²) in [4.78, 5) is 40.2. The van der Waals surface area contributed by atoms with Gasteiger partial charge < -0.3 is 10.4 Å². The maximum Gasteiger partial charge on any atom is 0.323 e. The van der Waals surface area contributed by atoms with Gasteiger partial charge in [-0.2, -0.15) is 0 Å². The molecule has 0 unspecified atom stereocenters. The zero-order chi connectivity index (χ0) is 23.9. The summed E-state index contributed by atoms with van der Waals surface area (Å²) >= 11 is 12.6. The molecule has 1 saturated heterocycles. The van der Waals surface area contributed by atoms with Crippen LogP contribution in [0.4, 0.5) is 5.69 Å². The molecular formula is C25H24Cl2N2O4. The smallest absolute Gasteiger partial charge is 0.323 e. The fourth-order valence-corrected chi connectivity index (χ4v) is 5.74. The summed E-state index contributed by atoms with van der Waals surface area (Å²) in [6, 6.07) is 11.6. The van der Waals surface area contributed by atoms with Gasteiger partial charge in [0, 0.05) is 22.4 Å². The summed E-state index contributed by atoms with van der Waals surface area (Å²) in [6.07, 6.45) is 2.59. The molecule has 2 amide bonds. The lowest BCUT2D eigenvalue weighted by molar-refractivity contribution is -0.138. The highest BCUT2D eigenvalue weighted by molar-refractivity contribution is 6.31. The van der Waals surface area contributed by atoms with E-state index in [1.165, 1.54) is 4.90 Å². The Balaban J connectivity index is 2.07. The Morgan fingerprint density at radius 1 is 1.21 bits per heavy atom. The number of benzene rings is 2. The number of nitrogens with zero attached hydrogens (tertiary/aromatic N) is 1. The minimum Gasteiger partial charge on any atom is -0.480 e. The number of nitrogens with one attached hydrogen (secondary N) is 1. The van der Waals surface area contributed by atoms with E-state index >= 15 is 0 Å². The van der Waals surface area contributed by atoms with Gasteiger partial charge in [0.2, 0.25) is 11.8 Å². The van der Waals surface area contributed by atoms with Gasteiger partial charge in [-0.3, -0.25) is 19.3 Å². The Morgan fingerprint density at radius 2 is 1.94 bits per heavy atom. The van der Waals surface area contributed by atoms with E-state index in [9.17, 15) is 19.5 Å². The van der Waals surface area contributed by atoms with Gasteiger partial charge in [0.05, 0.1) is 11.7 Å². The molecule has 0 bridgehead atoms. The summed E-state index contributed by atoms with van der Waals surface area (Å²) in [5.74, 6) is -2.24. The number of allylic oxidation sites excluding steroid dienone is 1. The Bertz CT molecular complexity index is 1180. The van der Waals surface area contributed by atoms with Gasteiger partial charge in [-0.25, -0.2) is 0 Å². The molecule has 0 aromatic heterocycles. The number of anilines is 1. The van der Waals surface area contributed by atoms with E-state index in [1.54, 1.807) is 36.4 Å². The topological polar surface area (TPSA) is 86.7 Å². The quantitative estimate of drug-likeness (QED) is 0.600. The van der Waals surface area contributed by atoms with Gasteiger partial charge in [0.25, 0.3) is 0 Å². The van der Waals surface area contributed by atoms with Crippen molar-refractivity contribution >= 4 is 46.7 Å². The number of rotatable bonds is 5. The average molecular weight is 487 g/mol. The van der Waals surface area contributed by atoms with E-state index in [0.717, 1.165) is 11.1 Å². The highest BCUT2D eigenvalue weighted by Crippen LogP contribution is 2.56. The third-order valence-corrected chi connectivity index (χ3v) is 7.16. The number of halogens is 2. The van der Waals surface area contributed by atoms with Gasteiger partial charge in [-0.1, -0.05) is 60.0 Å². The van der Waals surface area contributed by atoms with Gasteiger partial charge in [0.1, 0.15) is 12.0 Å². The maximum atomic E-state index is 14.3. The summed E-state index contributed by atoms with van der Waals surface area (Å²) < 4.78 is 0. The molecule has 4 rings (SSSR count). The van der Waals surface area contributed by atoms with Crippen molar-refractivity contribution in [3.63, 3.8) is 0 Å². The number of fused-ring (bicyclic) bond motifs is 2. The standard InChI is InChI=1S/C25H24Cl2N2O4/c1-3-14(4-2)23-25(19(12-21(30)28-23)15-6-5-7-16(26)10-15)18-9-8-17(27)11-20(18)29(24(25)33)13-22(31)32/h3,5-11,19,23H,4,12-13H2,1-2H3,(H,28,30)(H,31,32)/t19-,23+,25-/m0/s1. The van der Waals surface area contributed by atoms with Crippen LogP contribution in [0.2, 0.25) is 10.0 Å². The first kappa shape index (κ1) is 23.3. The third kappa shape index (κ3) is 3.71. The number of hydrogen-bond donors (Lipinski definition) is 2. The van der Waals surface area contributed by atoms with E-state index in [2.05, 4.69) is 5.32 Å². The second-order valence-electron chi connectivity index (χ2n) is 8.34. The second kappa shape index (κ2) is 8.84. The van der Waals surface area contributed by atoms with Crippen molar-refractivity contribution in [1.82, 2.24) is 5.32 Å². The summed E-state index contributed by atoms with van der Waals surface area (Å²) in [7, 11) is 0. The zero-order valence-corrected chi connectivity index (χ0v) is 19.8. The van der Waals surface area contributed by atoms with E-state index < -0.39 is 29.9 Å². The predicted octanol–water partition coefficient (Wildman–Crippen LogP) is 4.69. The molecule has 2 heterocycles. The van der Waals surface area contributed by atoms with Crippen molar-refractivity contribution in [2.45, 2.75) is 44.1 Å². The molecule has 2 N–H and O–H groups in total. The molecule has 2 aromatic carbocycles. The van der Waals surface area contributed by atoms with Gasteiger partial charge in [-0.15, -0.1) is 0 Å². The minimum atomic E-state index is -1.24. The van der Waals surface area contributed by atoms with E-state index in [0.29, 0.717) is 27.7 Å². The van der Waals surface area contributed by atoms with E-state index in [-0.39, 0.29) is 18.2 Å². The number of piperidine rings is 1. The van der Waals surface area contributed by atoms with Crippen LogP contribution in [0.15, 0.2) is 54.1 Å². The SMILES string of the molecule is CC=C(CC)[C@H]1NC(=O)C[C@@H](c2cccc(Cl)c2)[C@]12C(=O)N(CC(=O)O)c1cc(Cl)ccc12. The first-order valence-electron chi connectivity index (χ1n) is 10.8. The molecule has 1 spiro atoms. The molecule has 2 aromatic rings. The van der Waals surface area contributed by atoms with Crippen LogP contribution in [-0.4, -0.2) is 35.5 Å². The van der Waals surface area contributed by atoms with Crippen molar-refractivity contribution in [1.29, 1.82) is 0 Å². The molecule has 6 nitrogen and oxygen atoms in total. The summed E-state index contributed by atoms with van der Waals surface area (Å²) in [5.41, 5.74) is 1.50. The van der Waals surface area contributed by atoms with Gasteiger partial charge in [-0.05, 0) is 48.7 Å². The Hall–Kier alpha value is -2.83. The number of carbonyl (C=O) groups is 3. The van der Waals surface area contributed by atoms with E-state index in [1.807, 2.05) is 26.0 Å². The first-order chi connectivity index (χ1) is 15.7. The van der Waals surface area contributed by atoms with Crippen molar-refractivity contribution < 1.29 is 19.5 Å². The third-order valence-electron chi connectivity index (χ3n) is 6.69. The van der Waals surface area contributed by atoms with Gasteiger partial charge in [0.15, 0.2) is 0 Å². The zero-order valence-electron chi connectivity index (χ0n) is 18.3. The number of amides is 2. The highest BCUT2D eigenvalue weighted by atomic mass is 35.5. The van der Waals surface area contributed by atoms with Crippen molar-refractivity contribution in [2.24, 2.45) is 0 Å². The van der Waals surface area contributed by atoms with Crippen LogP contribution in [0, 0.1) is 0 Å². The maximum absolute atomic E-state index is 14.3. The largest absolute Gasteiger partial charge is 0.480 e. The monoisotopic (exact) mass is 486 g/mol. The second-order valence-corrected chi connectivity index (χ2v) is 9.22. The molecule has 8 heteroatoms. The van der Waals surface area contributed by atoms with Crippen molar-refractivity contribution in [3.05, 3.63) is 75.3 Å². The molecule has 33 heavy (non-hydrogen) atoms. The van der Waals surface area contributed by atoms with Crippen LogP contribution in [0.25, 0.3) is 0 Å². The number of aliphatic carboxylic acids is 1. The first-order valence-corrected chi connectivity index (χ1v) is 11.5. The molecule has 3 atom stereocenters. The molecule has 2 aliphatic rings. The molecule has 0 saturated carbocycles. The van der Waals surface area contributed by atoms with Crippen LogP contribution in [-0.2, 0) is 19.8 Å². The Kier molecular flexibility index (Phi) is 6.25. The van der Waals surface area contributed by atoms with Crippen molar-refractivity contribution in [3.8, 4) is 0 Å². The predicted molar refractivity (Wildman–Crippen MR) is 128 cm³/mol. The summed E-state index contributed by atoms with van der Waals surface area (Å²) in [6.45, 7) is 3.34. The number of carboxylic acid groups (broad SMARTS) is 1. The summed E-state index contributed by atoms with van der Waals surface area (Å²) in [5, 5.41) is 13.5. The molecule has 0 aliphatic carbocycles. The lowest BCUT2D eigenvalue weighted by Gasteiger charge is -2.47. The Morgan fingerprint density at radius 3 is 2.58 bits per heavy atom. The molecule has 0 radical (unpaired) electrons. The number of carbonyl (C=O) groups excluding carboxylic acids is 2.